The zero-order chi connectivity index (χ0) is 35.6. The maximum absolute atomic E-state index is 14.4. The molecule has 0 aliphatic carbocycles. The molecular weight excluding hydrogens is 661 g/mol. The van der Waals surface area contributed by atoms with Crippen LogP contribution in [0.25, 0.3) is 16.9 Å². The topological polar surface area (TPSA) is 206 Å². The first-order valence-electron chi connectivity index (χ1n) is 14.2. The fraction of sp³-hybridized carbons (Fsp3) is 0.290. The first-order chi connectivity index (χ1) is 22.6. The van der Waals surface area contributed by atoms with E-state index < -0.39 is 36.2 Å². The summed E-state index contributed by atoms with van der Waals surface area (Å²) in [5.41, 5.74) is 13.7. The van der Waals surface area contributed by atoms with E-state index >= 15 is 0 Å². The van der Waals surface area contributed by atoms with Crippen LogP contribution >= 0.6 is 11.6 Å². The minimum absolute atomic E-state index is 0.0989. The quantitative estimate of drug-likeness (QED) is 0.146. The Kier molecular flexibility index (Phi) is 12.8. The maximum Gasteiger partial charge on any atom is 0.429 e. The number of alkyl halides is 3. The fourth-order valence-corrected chi connectivity index (χ4v) is 4.34. The van der Waals surface area contributed by atoms with Crippen LogP contribution in [-0.2, 0) is 25.5 Å². The summed E-state index contributed by atoms with van der Waals surface area (Å²) in [7, 11) is 0. The molecule has 0 bridgehead atoms. The summed E-state index contributed by atoms with van der Waals surface area (Å²) in [5.74, 6) is -3.32. The van der Waals surface area contributed by atoms with Crippen molar-refractivity contribution in [3.05, 3.63) is 82.6 Å². The number of carboxylic acid groups (broad SMARTS) is 2. The molecule has 48 heavy (non-hydrogen) atoms. The number of carboxylic acids is 2. The summed E-state index contributed by atoms with van der Waals surface area (Å²) in [6.45, 7) is 3.63. The lowest BCUT2D eigenvalue weighted by Crippen LogP contribution is -2.34. The molecule has 13 nitrogen and oxygen atoms in total. The predicted molar refractivity (Wildman–Crippen MR) is 167 cm³/mol. The summed E-state index contributed by atoms with van der Waals surface area (Å²) in [6, 6.07) is 12.8. The molecule has 0 spiro atoms. The Morgan fingerprint density at radius 1 is 1.00 bits per heavy atom. The highest BCUT2D eigenvalue weighted by Gasteiger charge is 2.45. The number of nitrogens with two attached hydrogens (primary N) is 2. The van der Waals surface area contributed by atoms with Crippen LogP contribution < -0.4 is 16.2 Å². The number of carbonyl (C=O) groups excluding carboxylic acids is 1. The number of nitrogen functional groups attached to an aromatic ring is 1. The number of halogens is 4. The molecule has 256 valence electrons. The Hall–Kier alpha value is -5.22. The van der Waals surface area contributed by atoms with Crippen LogP contribution in [-0.4, -0.2) is 66.7 Å². The van der Waals surface area contributed by atoms with Gasteiger partial charge < -0.3 is 31.2 Å². The van der Waals surface area contributed by atoms with Gasteiger partial charge in [0.25, 0.3) is 0 Å². The van der Waals surface area contributed by atoms with Crippen LogP contribution in [0.5, 0.6) is 5.88 Å². The highest BCUT2D eigenvalue weighted by molar-refractivity contribution is 6.30. The molecule has 2 aromatic carbocycles. The van der Waals surface area contributed by atoms with Crippen molar-refractivity contribution in [2.75, 3.05) is 12.3 Å². The Morgan fingerprint density at radius 2 is 1.65 bits per heavy atom. The van der Waals surface area contributed by atoms with Gasteiger partial charge in [-0.05, 0) is 44.0 Å². The summed E-state index contributed by atoms with van der Waals surface area (Å²) < 4.78 is 54.8. The maximum atomic E-state index is 14.4. The van der Waals surface area contributed by atoms with Gasteiger partial charge in [-0.15, -0.1) is 0 Å². The van der Waals surface area contributed by atoms with Crippen molar-refractivity contribution in [3.8, 4) is 22.8 Å². The molecule has 17 heteroatoms. The Bertz CT molecular complexity index is 1720. The van der Waals surface area contributed by atoms with Gasteiger partial charge in [0.15, 0.2) is 0 Å². The van der Waals surface area contributed by atoms with Crippen molar-refractivity contribution in [1.29, 1.82) is 0 Å². The van der Waals surface area contributed by atoms with Crippen LogP contribution in [0.2, 0.25) is 5.02 Å². The van der Waals surface area contributed by atoms with Crippen molar-refractivity contribution in [1.82, 2.24) is 19.7 Å². The van der Waals surface area contributed by atoms with Gasteiger partial charge in [-0.3, -0.25) is 14.4 Å². The number of esters is 1. The first-order valence-corrected chi connectivity index (χ1v) is 14.6. The van der Waals surface area contributed by atoms with E-state index in [9.17, 15) is 27.6 Å². The molecule has 4 rings (SSSR count). The third-order valence-electron chi connectivity index (χ3n) is 6.35. The van der Waals surface area contributed by atoms with Crippen molar-refractivity contribution >= 4 is 35.5 Å². The summed E-state index contributed by atoms with van der Waals surface area (Å²) in [4.78, 5) is 39.1. The van der Waals surface area contributed by atoms with Gasteiger partial charge >= 0.3 is 24.1 Å². The normalized spacial score (nSPS) is 12.3. The molecule has 2 heterocycles. The first kappa shape index (κ1) is 37.2. The minimum Gasteiger partial charge on any atom is -0.481 e. The van der Waals surface area contributed by atoms with Crippen LogP contribution in [0.4, 0.5) is 19.1 Å². The van der Waals surface area contributed by atoms with E-state index in [2.05, 4.69) is 15.1 Å². The molecule has 2 aromatic heterocycles. The van der Waals surface area contributed by atoms with Crippen LogP contribution in [0.1, 0.15) is 42.7 Å². The lowest BCUT2D eigenvalue weighted by Gasteiger charge is -2.24. The van der Waals surface area contributed by atoms with E-state index in [4.69, 9.17) is 42.8 Å². The second kappa shape index (κ2) is 16.6. The number of hydrogen-bond donors (Lipinski definition) is 4. The van der Waals surface area contributed by atoms with Crippen LogP contribution in [0.3, 0.4) is 0 Å². The van der Waals surface area contributed by atoms with Gasteiger partial charge in [-0.1, -0.05) is 41.9 Å². The molecule has 0 fully saturated rings. The highest BCUT2D eigenvalue weighted by atomic mass is 35.5. The van der Waals surface area contributed by atoms with Gasteiger partial charge in [0.05, 0.1) is 36.5 Å². The SMILES string of the molecule is CCOC(=O)[C@@H](N)Cc1ccc(-c2cc(O[C@H](c3ccc(Cl)cc3-n3ccc(C)n3)C(F)(F)F)nc(N)n2)cc1.O=C(O)CCC(=O)O. The second-order valence-corrected chi connectivity index (χ2v) is 10.6. The molecule has 0 unspecified atom stereocenters. The second-order valence-electron chi connectivity index (χ2n) is 10.1. The number of anilines is 1. The Labute approximate surface area is 277 Å². The molecule has 0 aliphatic heterocycles. The van der Waals surface area contributed by atoms with E-state index in [0.29, 0.717) is 11.3 Å². The average Bonchev–Trinajstić information content (AvgIpc) is 3.45. The third kappa shape index (κ3) is 10.9. The van der Waals surface area contributed by atoms with Crippen molar-refractivity contribution in [3.63, 3.8) is 0 Å². The number of carbonyl (C=O) groups is 3. The van der Waals surface area contributed by atoms with Gasteiger partial charge in [-0.2, -0.15) is 23.3 Å². The molecular formula is C31H32ClF3N6O7. The molecule has 0 amide bonds. The lowest BCUT2D eigenvalue weighted by molar-refractivity contribution is -0.198. The smallest absolute Gasteiger partial charge is 0.429 e. The number of hydrogen-bond acceptors (Lipinski definition) is 10. The number of nitrogens with zero attached hydrogens (tertiary/aromatic N) is 4. The summed E-state index contributed by atoms with van der Waals surface area (Å²) in [5, 5.41) is 20.2. The van der Waals surface area contributed by atoms with Crippen molar-refractivity contribution < 1.29 is 47.2 Å². The van der Waals surface area contributed by atoms with Crippen LogP contribution in [0, 0.1) is 6.92 Å². The number of aromatic nitrogens is 4. The Morgan fingerprint density at radius 3 is 2.19 bits per heavy atom. The largest absolute Gasteiger partial charge is 0.481 e. The number of rotatable bonds is 12. The number of ether oxygens (including phenoxy) is 2. The number of aliphatic carboxylic acids is 2. The zero-order valence-electron chi connectivity index (χ0n) is 25.6. The summed E-state index contributed by atoms with van der Waals surface area (Å²) in [6.07, 6.45) is -6.07. The van der Waals surface area contributed by atoms with Gasteiger partial charge in [-0.25, -0.2) is 9.67 Å². The standard InChI is InChI=1S/C27H26ClF3N6O3.C4H6O4/c1-3-39-25(38)20(32)12-16-4-6-17(7-5-16)21-14-23(35-26(33)34-21)40-24(27(29,30)31)19-9-8-18(28)13-22(19)37-11-10-15(2)36-37;5-3(6)1-2-4(7)8/h4-11,13-14,20,24H,3,12,32H2,1-2H3,(H2,33,34,35);1-2H2,(H,5,6)(H,7,8)/t20-,24+;/m0./s1. The summed E-state index contributed by atoms with van der Waals surface area (Å²) >= 11 is 6.10. The molecule has 0 saturated heterocycles. The number of aryl methyl sites for hydroxylation is 1. The Balaban J connectivity index is 0.000000694. The third-order valence-corrected chi connectivity index (χ3v) is 6.58. The van der Waals surface area contributed by atoms with Gasteiger partial charge in [0.1, 0.15) is 6.04 Å². The van der Waals surface area contributed by atoms with Crippen LogP contribution in [0.15, 0.2) is 60.8 Å². The van der Waals surface area contributed by atoms with E-state index in [1.807, 2.05) is 0 Å². The van der Waals surface area contributed by atoms with E-state index in [1.165, 1.54) is 35.1 Å². The average molecular weight is 693 g/mol. The van der Waals surface area contributed by atoms with Gasteiger partial charge in [0, 0.05) is 28.4 Å². The molecule has 2 atom stereocenters. The zero-order valence-corrected chi connectivity index (χ0v) is 26.4. The van der Waals surface area contributed by atoms with E-state index in [0.717, 1.165) is 5.56 Å². The highest BCUT2D eigenvalue weighted by Crippen LogP contribution is 2.40. The minimum atomic E-state index is -4.83. The molecule has 0 aliphatic rings. The predicted octanol–water partition coefficient (Wildman–Crippen LogP) is 4.92. The van der Waals surface area contributed by atoms with Crippen molar-refractivity contribution in [2.24, 2.45) is 5.73 Å². The molecule has 4 aromatic rings. The number of benzene rings is 2. The van der Waals surface area contributed by atoms with Crippen molar-refractivity contribution in [2.45, 2.75) is 51.4 Å². The van der Waals surface area contributed by atoms with Gasteiger partial charge in [0.2, 0.25) is 17.9 Å². The monoisotopic (exact) mass is 692 g/mol. The molecule has 6 N–H and O–H groups in total. The molecule has 0 saturated carbocycles. The fourth-order valence-electron chi connectivity index (χ4n) is 4.18. The van der Waals surface area contributed by atoms with E-state index in [1.54, 1.807) is 44.2 Å². The van der Waals surface area contributed by atoms with E-state index in [-0.39, 0.29) is 59.7 Å². The molecule has 0 radical (unpaired) electrons. The lowest BCUT2D eigenvalue weighted by atomic mass is 10.0.